The lowest BCUT2D eigenvalue weighted by Crippen LogP contribution is -2.07. The topological polar surface area (TPSA) is 97.0 Å². The average Bonchev–Trinajstić information content (AvgIpc) is 3.51. The molecule has 0 saturated carbocycles. The van der Waals surface area contributed by atoms with E-state index in [1.54, 1.807) is 20.2 Å². The number of fused-ring (bicyclic) bond motifs is 2. The second-order valence-electron chi connectivity index (χ2n) is 7.81. The molecule has 3 heterocycles. The number of rotatable bonds is 8. The Morgan fingerprint density at radius 1 is 1.03 bits per heavy atom. The molecule has 0 bridgehead atoms. The highest BCUT2D eigenvalue weighted by Crippen LogP contribution is 2.24. The molecule has 0 fully saturated rings. The fourth-order valence-corrected chi connectivity index (χ4v) is 3.95. The van der Waals surface area contributed by atoms with E-state index < -0.39 is 5.97 Å². The van der Waals surface area contributed by atoms with Gasteiger partial charge in [-0.2, -0.15) is 15.2 Å². The Bertz CT molecular complexity index is 1470. The molecule has 34 heavy (non-hydrogen) atoms. The lowest BCUT2D eigenvalue weighted by molar-refractivity contribution is 0.0526. The van der Waals surface area contributed by atoms with E-state index in [1.165, 1.54) is 33.4 Å². The number of aromatic nitrogens is 6. The fourth-order valence-electron chi connectivity index (χ4n) is 3.95. The van der Waals surface area contributed by atoms with Crippen molar-refractivity contribution in [1.29, 1.82) is 0 Å². The predicted octanol–water partition coefficient (Wildman–Crippen LogP) is 3.98. The van der Waals surface area contributed by atoms with E-state index in [0.717, 1.165) is 18.4 Å². The van der Waals surface area contributed by atoms with E-state index >= 15 is 0 Å². The minimum absolute atomic E-state index is 0.288. The maximum absolute atomic E-state index is 11.9. The number of esters is 1. The first-order valence-electron chi connectivity index (χ1n) is 11.1. The standard InChI is InChI=1S/C25H24N6O3/c1-3-34-24(32)20-14-26-31(16-20)25-28-21-15-27-30(22(21)23(29-25)33-2)12-6-7-17-10-11-18-8-4-5-9-19(18)13-17/h4-5,8-11,13-16H,3,6-7,12H2,1-2H3. The Balaban J connectivity index is 1.35. The zero-order valence-corrected chi connectivity index (χ0v) is 19.0. The molecule has 0 spiro atoms. The molecule has 9 heteroatoms. The first-order chi connectivity index (χ1) is 16.7. The first kappa shape index (κ1) is 21.6. The van der Waals surface area contributed by atoms with Gasteiger partial charge in [-0.25, -0.2) is 14.5 Å². The van der Waals surface area contributed by atoms with Crippen LogP contribution in [0, 0.1) is 0 Å². The largest absolute Gasteiger partial charge is 0.479 e. The monoisotopic (exact) mass is 456 g/mol. The summed E-state index contributed by atoms with van der Waals surface area (Å²) in [6, 6.07) is 14.9. The second kappa shape index (κ2) is 9.30. The van der Waals surface area contributed by atoms with Gasteiger partial charge in [-0.3, -0.25) is 4.68 Å². The van der Waals surface area contributed by atoms with Crippen molar-refractivity contribution < 1.29 is 14.3 Å². The zero-order chi connectivity index (χ0) is 23.5. The lowest BCUT2D eigenvalue weighted by atomic mass is 10.0. The van der Waals surface area contributed by atoms with Gasteiger partial charge >= 0.3 is 5.97 Å². The van der Waals surface area contributed by atoms with E-state index in [1.807, 2.05) is 4.68 Å². The van der Waals surface area contributed by atoms with E-state index in [9.17, 15) is 4.79 Å². The fraction of sp³-hybridized carbons (Fsp3) is 0.240. The molecule has 0 radical (unpaired) electrons. The molecular weight excluding hydrogens is 432 g/mol. The summed E-state index contributed by atoms with van der Waals surface area (Å²) in [7, 11) is 1.56. The molecule has 2 aromatic carbocycles. The minimum Gasteiger partial charge on any atom is -0.479 e. The van der Waals surface area contributed by atoms with Crippen LogP contribution < -0.4 is 4.74 Å². The van der Waals surface area contributed by atoms with E-state index in [0.29, 0.717) is 30.1 Å². The third-order valence-corrected chi connectivity index (χ3v) is 5.59. The van der Waals surface area contributed by atoms with Gasteiger partial charge in [-0.05, 0) is 36.1 Å². The van der Waals surface area contributed by atoms with Crippen molar-refractivity contribution in [2.45, 2.75) is 26.3 Å². The maximum Gasteiger partial charge on any atom is 0.341 e. The van der Waals surface area contributed by atoms with E-state index in [-0.39, 0.29) is 5.95 Å². The number of aryl methyl sites for hydroxylation is 2. The predicted molar refractivity (Wildman–Crippen MR) is 127 cm³/mol. The molecule has 0 amide bonds. The van der Waals surface area contributed by atoms with Crippen LogP contribution in [-0.2, 0) is 17.7 Å². The number of ether oxygens (including phenoxy) is 2. The second-order valence-corrected chi connectivity index (χ2v) is 7.81. The van der Waals surface area contributed by atoms with Crippen LogP contribution in [0.2, 0.25) is 0 Å². The van der Waals surface area contributed by atoms with Crippen LogP contribution in [-0.4, -0.2) is 49.2 Å². The smallest absolute Gasteiger partial charge is 0.341 e. The van der Waals surface area contributed by atoms with Crippen molar-refractivity contribution in [2.24, 2.45) is 0 Å². The van der Waals surface area contributed by atoms with Gasteiger partial charge in [0.1, 0.15) is 11.0 Å². The Morgan fingerprint density at radius 3 is 2.71 bits per heavy atom. The number of hydrogen-bond donors (Lipinski definition) is 0. The van der Waals surface area contributed by atoms with Crippen molar-refractivity contribution >= 4 is 27.8 Å². The van der Waals surface area contributed by atoms with Crippen LogP contribution in [0.5, 0.6) is 5.88 Å². The van der Waals surface area contributed by atoms with Crippen LogP contribution >= 0.6 is 0 Å². The van der Waals surface area contributed by atoms with Crippen molar-refractivity contribution in [3.63, 3.8) is 0 Å². The molecule has 172 valence electrons. The third-order valence-electron chi connectivity index (χ3n) is 5.59. The van der Waals surface area contributed by atoms with Gasteiger partial charge in [-0.15, -0.1) is 0 Å². The molecule has 3 aromatic heterocycles. The number of benzene rings is 2. The van der Waals surface area contributed by atoms with Crippen molar-refractivity contribution in [3.05, 3.63) is 72.2 Å². The SMILES string of the molecule is CCOC(=O)c1cnn(-c2nc(OC)c3c(cnn3CCCc3ccc4ccccc4c3)n2)c1. The zero-order valence-electron chi connectivity index (χ0n) is 19.0. The quantitative estimate of drug-likeness (QED) is 0.326. The Kier molecular flexibility index (Phi) is 5.90. The number of hydrogen-bond acceptors (Lipinski definition) is 7. The van der Waals surface area contributed by atoms with Crippen LogP contribution in [0.15, 0.2) is 61.1 Å². The molecular formula is C25H24N6O3. The highest BCUT2D eigenvalue weighted by atomic mass is 16.5. The van der Waals surface area contributed by atoms with Crippen molar-refractivity contribution in [3.8, 4) is 11.8 Å². The van der Waals surface area contributed by atoms with Crippen LogP contribution in [0.1, 0.15) is 29.3 Å². The van der Waals surface area contributed by atoms with Crippen molar-refractivity contribution in [1.82, 2.24) is 29.5 Å². The molecule has 5 rings (SSSR count). The number of carbonyl (C=O) groups is 1. The summed E-state index contributed by atoms with van der Waals surface area (Å²) in [5, 5.41) is 11.2. The van der Waals surface area contributed by atoms with Crippen molar-refractivity contribution in [2.75, 3.05) is 13.7 Å². The summed E-state index contributed by atoms with van der Waals surface area (Å²) >= 11 is 0. The van der Waals surface area contributed by atoms with E-state index in [2.05, 4.69) is 62.6 Å². The summed E-state index contributed by atoms with van der Waals surface area (Å²) in [6.45, 7) is 2.74. The first-order valence-corrected chi connectivity index (χ1v) is 11.1. The normalized spacial score (nSPS) is 11.2. The lowest BCUT2D eigenvalue weighted by Gasteiger charge is -2.09. The molecule has 9 nitrogen and oxygen atoms in total. The highest BCUT2D eigenvalue weighted by molar-refractivity contribution is 5.89. The minimum atomic E-state index is -0.443. The summed E-state index contributed by atoms with van der Waals surface area (Å²) in [5.74, 6) is 0.244. The van der Waals surface area contributed by atoms with Crippen LogP contribution in [0.4, 0.5) is 0 Å². The molecule has 0 aliphatic rings. The van der Waals surface area contributed by atoms with Gasteiger partial charge in [0, 0.05) is 12.7 Å². The van der Waals surface area contributed by atoms with Gasteiger partial charge in [0.25, 0.3) is 5.95 Å². The Morgan fingerprint density at radius 2 is 1.88 bits per heavy atom. The van der Waals surface area contributed by atoms with Crippen LogP contribution in [0.25, 0.3) is 27.8 Å². The summed E-state index contributed by atoms with van der Waals surface area (Å²) in [6.07, 6.45) is 6.48. The van der Waals surface area contributed by atoms with Gasteiger partial charge in [0.05, 0.1) is 31.7 Å². The molecule has 0 N–H and O–H groups in total. The van der Waals surface area contributed by atoms with Gasteiger partial charge in [0.2, 0.25) is 5.88 Å². The number of nitrogens with zero attached hydrogens (tertiary/aromatic N) is 6. The molecule has 0 unspecified atom stereocenters. The van der Waals surface area contributed by atoms with Crippen LogP contribution in [0.3, 0.4) is 0 Å². The summed E-state index contributed by atoms with van der Waals surface area (Å²) in [5.41, 5.74) is 2.98. The molecule has 0 aliphatic heterocycles. The van der Waals surface area contributed by atoms with Gasteiger partial charge < -0.3 is 9.47 Å². The highest BCUT2D eigenvalue weighted by Gasteiger charge is 2.17. The molecule has 5 aromatic rings. The third kappa shape index (κ3) is 4.19. The number of methoxy groups -OCH3 is 1. The average molecular weight is 457 g/mol. The summed E-state index contributed by atoms with van der Waals surface area (Å²) in [4.78, 5) is 21.0. The molecule has 0 atom stereocenters. The number of carbonyl (C=O) groups excluding carboxylic acids is 1. The summed E-state index contributed by atoms with van der Waals surface area (Å²) < 4.78 is 13.9. The molecule has 0 aliphatic carbocycles. The van der Waals surface area contributed by atoms with Gasteiger partial charge in [-0.1, -0.05) is 42.5 Å². The Hall–Kier alpha value is -4.27. The maximum atomic E-state index is 11.9. The Labute approximate surface area is 196 Å². The van der Waals surface area contributed by atoms with E-state index in [4.69, 9.17) is 9.47 Å². The van der Waals surface area contributed by atoms with Gasteiger partial charge in [0.15, 0.2) is 0 Å². The molecule has 0 saturated heterocycles.